The van der Waals surface area contributed by atoms with Crippen LogP contribution in [0.4, 0.5) is 0 Å². The van der Waals surface area contributed by atoms with Crippen molar-refractivity contribution in [2.24, 2.45) is 0 Å². The number of ether oxygens (including phenoxy) is 1. The molecule has 0 heterocycles. The van der Waals surface area contributed by atoms with Crippen LogP contribution in [-0.4, -0.2) is 7.11 Å². The van der Waals surface area contributed by atoms with Gasteiger partial charge in [0.05, 0.1) is 7.11 Å². The number of halogens is 1. The Balaban J connectivity index is 2.97. The van der Waals surface area contributed by atoms with Crippen LogP contribution in [0.5, 0.6) is 5.75 Å². The average Bonchev–Trinajstić information content (AvgIpc) is 2.33. The van der Waals surface area contributed by atoms with Crippen molar-refractivity contribution in [1.29, 1.82) is 0 Å². The highest BCUT2D eigenvalue weighted by molar-refractivity contribution is 14.1. The van der Waals surface area contributed by atoms with E-state index in [4.69, 9.17) is 4.74 Å². The lowest BCUT2D eigenvalue weighted by Gasteiger charge is -2.14. The minimum Gasteiger partial charge on any atom is -0.496 e. The molecule has 0 radical (unpaired) electrons. The van der Waals surface area contributed by atoms with E-state index in [1.54, 1.807) is 7.11 Å². The molecule has 96 valence electrons. The van der Waals surface area contributed by atoms with Crippen LogP contribution in [0.15, 0.2) is 12.1 Å². The zero-order valence-corrected chi connectivity index (χ0v) is 13.3. The van der Waals surface area contributed by atoms with Gasteiger partial charge < -0.3 is 4.74 Å². The smallest absolute Gasteiger partial charge is 0.125 e. The van der Waals surface area contributed by atoms with E-state index in [9.17, 15) is 0 Å². The summed E-state index contributed by atoms with van der Waals surface area (Å²) in [5, 5.41) is 0. The minimum absolute atomic E-state index is 1.13. The molecule has 0 saturated heterocycles. The molecule has 0 aliphatic heterocycles. The molecule has 17 heavy (non-hydrogen) atoms. The van der Waals surface area contributed by atoms with E-state index < -0.39 is 0 Å². The lowest BCUT2D eigenvalue weighted by atomic mass is 10.0. The van der Waals surface area contributed by atoms with Gasteiger partial charge in [-0.15, -0.1) is 0 Å². The summed E-state index contributed by atoms with van der Waals surface area (Å²) in [5.41, 5.74) is 2.76. The Morgan fingerprint density at radius 1 is 1.00 bits per heavy atom. The van der Waals surface area contributed by atoms with Crippen molar-refractivity contribution < 1.29 is 4.74 Å². The maximum absolute atomic E-state index is 5.62. The molecule has 0 spiro atoms. The largest absolute Gasteiger partial charge is 0.496 e. The molecule has 0 unspecified atom stereocenters. The fourth-order valence-electron chi connectivity index (χ4n) is 2.08. The van der Waals surface area contributed by atoms with Crippen molar-refractivity contribution in [3.8, 4) is 5.75 Å². The van der Waals surface area contributed by atoms with E-state index >= 15 is 0 Å². The van der Waals surface area contributed by atoms with Crippen molar-refractivity contribution in [3.63, 3.8) is 0 Å². The Kier molecular flexibility index (Phi) is 6.93. The number of hydrogen-bond acceptors (Lipinski definition) is 1. The number of methoxy groups -OCH3 is 1. The van der Waals surface area contributed by atoms with E-state index in [1.807, 2.05) is 0 Å². The zero-order valence-electron chi connectivity index (χ0n) is 11.2. The molecular weight excluding hydrogens is 323 g/mol. The van der Waals surface area contributed by atoms with Gasteiger partial charge in [-0.05, 0) is 71.5 Å². The van der Waals surface area contributed by atoms with Crippen molar-refractivity contribution in [3.05, 3.63) is 26.8 Å². The SMILES string of the molecule is CCCCc1cc(I)cc(CCCC)c1OC. The standard InChI is InChI=1S/C15H23IO/c1-4-6-8-12-10-14(16)11-13(9-7-5-2)15(12)17-3/h10-11H,4-9H2,1-3H3. The van der Waals surface area contributed by atoms with Crippen molar-refractivity contribution >= 4 is 22.6 Å². The lowest BCUT2D eigenvalue weighted by molar-refractivity contribution is 0.403. The van der Waals surface area contributed by atoms with Crippen LogP contribution in [0.3, 0.4) is 0 Å². The highest BCUT2D eigenvalue weighted by Crippen LogP contribution is 2.29. The van der Waals surface area contributed by atoms with Gasteiger partial charge in [-0.2, -0.15) is 0 Å². The molecule has 1 rings (SSSR count). The first-order chi connectivity index (χ1) is 8.22. The second kappa shape index (κ2) is 7.96. The van der Waals surface area contributed by atoms with E-state index in [0.717, 1.165) is 18.6 Å². The molecule has 0 aliphatic rings. The molecule has 0 amide bonds. The lowest BCUT2D eigenvalue weighted by Crippen LogP contribution is -1.99. The highest BCUT2D eigenvalue weighted by atomic mass is 127. The van der Waals surface area contributed by atoms with Crippen LogP contribution in [0.2, 0.25) is 0 Å². The summed E-state index contributed by atoms with van der Waals surface area (Å²) in [6.07, 6.45) is 7.22. The summed E-state index contributed by atoms with van der Waals surface area (Å²) in [4.78, 5) is 0. The minimum atomic E-state index is 1.13. The van der Waals surface area contributed by atoms with Crippen LogP contribution in [0, 0.1) is 3.57 Å². The molecule has 1 nitrogen and oxygen atoms in total. The van der Waals surface area contributed by atoms with Gasteiger partial charge in [0, 0.05) is 3.57 Å². The summed E-state index contributed by atoms with van der Waals surface area (Å²) in [6, 6.07) is 4.54. The van der Waals surface area contributed by atoms with E-state index in [0.29, 0.717) is 0 Å². The highest BCUT2D eigenvalue weighted by Gasteiger charge is 2.10. The third-order valence-corrected chi connectivity index (χ3v) is 3.63. The molecule has 2 heteroatoms. The van der Waals surface area contributed by atoms with Gasteiger partial charge in [-0.3, -0.25) is 0 Å². The van der Waals surface area contributed by atoms with Gasteiger partial charge in [-0.25, -0.2) is 0 Å². The Morgan fingerprint density at radius 3 is 1.82 bits per heavy atom. The van der Waals surface area contributed by atoms with Gasteiger partial charge in [0.15, 0.2) is 0 Å². The van der Waals surface area contributed by atoms with E-state index in [2.05, 4.69) is 48.6 Å². The number of hydrogen-bond donors (Lipinski definition) is 0. The third-order valence-electron chi connectivity index (χ3n) is 3.01. The van der Waals surface area contributed by atoms with Crippen LogP contribution < -0.4 is 4.74 Å². The maximum Gasteiger partial charge on any atom is 0.125 e. The summed E-state index contributed by atoms with van der Waals surface area (Å²) < 4.78 is 6.96. The van der Waals surface area contributed by atoms with Gasteiger partial charge in [-0.1, -0.05) is 26.7 Å². The predicted molar refractivity (Wildman–Crippen MR) is 82.9 cm³/mol. The molecule has 0 bridgehead atoms. The third kappa shape index (κ3) is 4.49. The fraction of sp³-hybridized carbons (Fsp3) is 0.600. The number of benzene rings is 1. The molecule has 0 atom stereocenters. The molecule has 1 aromatic carbocycles. The summed E-state index contributed by atoms with van der Waals surface area (Å²) in [6.45, 7) is 4.47. The molecule has 0 saturated carbocycles. The first-order valence-electron chi connectivity index (χ1n) is 6.58. The van der Waals surface area contributed by atoms with Crippen LogP contribution >= 0.6 is 22.6 Å². The quantitative estimate of drug-likeness (QED) is 0.633. The monoisotopic (exact) mass is 346 g/mol. The van der Waals surface area contributed by atoms with Crippen molar-refractivity contribution in [1.82, 2.24) is 0 Å². The van der Waals surface area contributed by atoms with Crippen molar-refractivity contribution in [2.75, 3.05) is 7.11 Å². The first-order valence-corrected chi connectivity index (χ1v) is 7.66. The van der Waals surface area contributed by atoms with E-state index in [-0.39, 0.29) is 0 Å². The molecule has 0 aliphatic carbocycles. The van der Waals surface area contributed by atoms with Crippen LogP contribution in [0.1, 0.15) is 50.7 Å². The Bertz CT molecular complexity index is 318. The summed E-state index contributed by atoms with van der Waals surface area (Å²) in [7, 11) is 1.80. The normalized spacial score (nSPS) is 10.6. The van der Waals surface area contributed by atoms with Crippen LogP contribution in [-0.2, 0) is 12.8 Å². The molecule has 0 N–H and O–H groups in total. The van der Waals surface area contributed by atoms with Gasteiger partial charge in [0.2, 0.25) is 0 Å². The number of aryl methyl sites for hydroxylation is 2. The molecule has 1 aromatic rings. The second-order valence-electron chi connectivity index (χ2n) is 4.46. The average molecular weight is 346 g/mol. The maximum atomic E-state index is 5.62. The molecule has 0 aromatic heterocycles. The molecular formula is C15H23IO. The summed E-state index contributed by atoms with van der Waals surface area (Å²) in [5.74, 6) is 1.13. The molecule has 0 fully saturated rings. The topological polar surface area (TPSA) is 9.23 Å². The predicted octanol–water partition coefficient (Wildman–Crippen LogP) is 4.99. The van der Waals surface area contributed by atoms with E-state index in [1.165, 1.54) is 40.4 Å². The van der Waals surface area contributed by atoms with Crippen molar-refractivity contribution in [2.45, 2.75) is 52.4 Å². The van der Waals surface area contributed by atoms with Gasteiger partial charge in [0.1, 0.15) is 5.75 Å². The van der Waals surface area contributed by atoms with Crippen LogP contribution in [0.25, 0.3) is 0 Å². The number of unbranched alkanes of at least 4 members (excludes halogenated alkanes) is 2. The second-order valence-corrected chi connectivity index (χ2v) is 5.71. The first kappa shape index (κ1) is 14.8. The Labute approximate surface area is 119 Å². The Morgan fingerprint density at radius 2 is 1.47 bits per heavy atom. The number of rotatable bonds is 7. The zero-order chi connectivity index (χ0) is 12.7. The summed E-state index contributed by atoms with van der Waals surface area (Å²) >= 11 is 2.41. The van der Waals surface area contributed by atoms with Gasteiger partial charge in [0.25, 0.3) is 0 Å². The van der Waals surface area contributed by atoms with Gasteiger partial charge >= 0.3 is 0 Å². The fourth-order valence-corrected chi connectivity index (χ4v) is 2.83. The Hall–Kier alpha value is -0.250.